The summed E-state index contributed by atoms with van der Waals surface area (Å²) >= 11 is 1.90. The number of aromatic nitrogens is 1. The Morgan fingerprint density at radius 2 is 2.50 bits per heavy atom. The quantitative estimate of drug-likeness (QED) is 0.606. The van der Waals surface area contributed by atoms with E-state index in [0.29, 0.717) is 11.9 Å². The van der Waals surface area contributed by atoms with Gasteiger partial charge in [-0.1, -0.05) is 6.07 Å². The van der Waals surface area contributed by atoms with Gasteiger partial charge in [-0.25, -0.2) is 10.8 Å². The molecule has 1 aromatic rings. The lowest BCUT2D eigenvalue weighted by atomic mass is 10.3. The highest BCUT2D eigenvalue weighted by molar-refractivity contribution is 7.98. The maximum atomic E-state index is 5.56. The fourth-order valence-corrected chi connectivity index (χ4v) is 2.73. The van der Waals surface area contributed by atoms with Crippen LogP contribution in [0.5, 0.6) is 0 Å². The summed E-state index contributed by atoms with van der Waals surface area (Å²) in [7, 11) is 0. The summed E-state index contributed by atoms with van der Waals surface area (Å²) in [4.78, 5) is 4.17. The molecule has 4 nitrogen and oxygen atoms in total. The van der Waals surface area contributed by atoms with Gasteiger partial charge in [0, 0.05) is 24.3 Å². The first-order valence-corrected chi connectivity index (χ1v) is 6.65. The molecule has 1 fully saturated rings. The number of thioether (sulfide) groups is 1. The standard InChI is InChI=1S/C11H17N3OS/c12-14-11-4-3-9(6-13-11)7-16-8-10-2-1-5-15-10/h3-4,6,10H,1-2,5,7-8,12H2,(H,13,14). The van der Waals surface area contributed by atoms with Crippen molar-refractivity contribution in [2.45, 2.75) is 24.7 Å². The zero-order chi connectivity index (χ0) is 11.2. The van der Waals surface area contributed by atoms with Crippen LogP contribution < -0.4 is 11.3 Å². The van der Waals surface area contributed by atoms with Crippen molar-refractivity contribution >= 4 is 17.6 Å². The predicted molar refractivity (Wildman–Crippen MR) is 67.2 cm³/mol. The molecule has 0 saturated carbocycles. The number of hydrogen-bond donors (Lipinski definition) is 2. The fraction of sp³-hybridized carbons (Fsp3) is 0.545. The summed E-state index contributed by atoms with van der Waals surface area (Å²) in [5, 5.41) is 0. The van der Waals surface area contributed by atoms with E-state index in [1.54, 1.807) is 0 Å². The van der Waals surface area contributed by atoms with Gasteiger partial charge in [-0.2, -0.15) is 11.8 Å². The Morgan fingerprint density at radius 1 is 1.56 bits per heavy atom. The Hall–Kier alpha value is -0.780. The van der Waals surface area contributed by atoms with E-state index in [9.17, 15) is 0 Å². The van der Waals surface area contributed by atoms with Gasteiger partial charge in [-0.15, -0.1) is 0 Å². The first kappa shape index (κ1) is 11.7. The SMILES string of the molecule is NNc1ccc(CSCC2CCCO2)cn1. The summed E-state index contributed by atoms with van der Waals surface area (Å²) in [5.41, 5.74) is 3.74. The molecule has 1 aliphatic heterocycles. The Labute approximate surface area is 99.9 Å². The van der Waals surface area contributed by atoms with Gasteiger partial charge in [-0.05, 0) is 24.5 Å². The second-order valence-electron chi connectivity index (χ2n) is 3.85. The normalized spacial score (nSPS) is 19.9. The third kappa shape index (κ3) is 3.37. The van der Waals surface area contributed by atoms with Crippen molar-refractivity contribution in [1.29, 1.82) is 0 Å². The Bertz CT molecular complexity index is 312. The Morgan fingerprint density at radius 3 is 3.12 bits per heavy atom. The van der Waals surface area contributed by atoms with Crippen LogP contribution >= 0.6 is 11.8 Å². The minimum atomic E-state index is 0.461. The molecule has 1 aromatic heterocycles. The van der Waals surface area contributed by atoms with E-state index in [4.69, 9.17) is 10.6 Å². The maximum Gasteiger partial charge on any atom is 0.139 e. The maximum absolute atomic E-state index is 5.56. The van der Waals surface area contributed by atoms with Crippen LogP contribution in [0.15, 0.2) is 18.3 Å². The molecule has 0 amide bonds. The number of ether oxygens (including phenoxy) is 1. The molecule has 1 aliphatic rings. The van der Waals surface area contributed by atoms with Crippen LogP contribution in [0, 0.1) is 0 Å². The molecule has 2 rings (SSSR count). The summed E-state index contributed by atoms with van der Waals surface area (Å²) in [6.45, 7) is 0.934. The molecule has 0 aromatic carbocycles. The fourth-order valence-electron chi connectivity index (χ4n) is 1.68. The molecule has 3 N–H and O–H groups in total. The predicted octanol–water partition coefficient (Wildman–Crippen LogP) is 1.78. The van der Waals surface area contributed by atoms with Crippen LogP contribution in [-0.2, 0) is 10.5 Å². The topological polar surface area (TPSA) is 60.2 Å². The van der Waals surface area contributed by atoms with Crippen molar-refractivity contribution in [2.75, 3.05) is 17.8 Å². The van der Waals surface area contributed by atoms with Crippen LogP contribution in [0.1, 0.15) is 18.4 Å². The molecule has 1 unspecified atom stereocenters. The van der Waals surface area contributed by atoms with Gasteiger partial charge in [0.2, 0.25) is 0 Å². The number of hydrazine groups is 1. The molecule has 16 heavy (non-hydrogen) atoms. The van der Waals surface area contributed by atoms with Crippen molar-refractivity contribution in [2.24, 2.45) is 5.84 Å². The summed E-state index contributed by atoms with van der Waals surface area (Å²) < 4.78 is 5.56. The van der Waals surface area contributed by atoms with Crippen LogP contribution in [0.3, 0.4) is 0 Å². The minimum Gasteiger partial charge on any atom is -0.377 e. The molecule has 0 radical (unpaired) electrons. The zero-order valence-electron chi connectivity index (χ0n) is 9.19. The van der Waals surface area contributed by atoms with Gasteiger partial charge in [0.15, 0.2) is 0 Å². The van der Waals surface area contributed by atoms with E-state index in [-0.39, 0.29) is 0 Å². The average molecular weight is 239 g/mol. The van der Waals surface area contributed by atoms with Gasteiger partial charge < -0.3 is 10.2 Å². The second-order valence-corrected chi connectivity index (χ2v) is 4.88. The molecule has 88 valence electrons. The molecule has 2 heterocycles. The highest BCUT2D eigenvalue weighted by Gasteiger charge is 2.14. The lowest BCUT2D eigenvalue weighted by Crippen LogP contribution is -2.09. The van der Waals surface area contributed by atoms with Crippen LogP contribution in [0.25, 0.3) is 0 Å². The van der Waals surface area contributed by atoms with Crippen LogP contribution in [0.2, 0.25) is 0 Å². The number of nitrogens with two attached hydrogens (primary N) is 1. The minimum absolute atomic E-state index is 0.461. The third-order valence-electron chi connectivity index (χ3n) is 2.57. The summed E-state index contributed by atoms with van der Waals surface area (Å²) in [5.74, 6) is 8.01. The number of rotatable bonds is 5. The largest absolute Gasteiger partial charge is 0.377 e. The van der Waals surface area contributed by atoms with Crippen LogP contribution in [0.4, 0.5) is 5.82 Å². The van der Waals surface area contributed by atoms with Crippen molar-refractivity contribution in [1.82, 2.24) is 4.98 Å². The molecule has 5 heteroatoms. The van der Waals surface area contributed by atoms with Gasteiger partial charge in [0.1, 0.15) is 5.82 Å². The van der Waals surface area contributed by atoms with Gasteiger partial charge in [-0.3, -0.25) is 0 Å². The summed E-state index contributed by atoms with van der Waals surface area (Å²) in [6, 6.07) is 3.94. The lowest BCUT2D eigenvalue weighted by molar-refractivity contribution is 0.129. The Balaban J connectivity index is 1.71. The molecule has 1 atom stereocenters. The average Bonchev–Trinajstić information content (AvgIpc) is 2.83. The van der Waals surface area contributed by atoms with Crippen LogP contribution in [-0.4, -0.2) is 23.4 Å². The van der Waals surface area contributed by atoms with Crippen molar-refractivity contribution in [3.05, 3.63) is 23.9 Å². The van der Waals surface area contributed by atoms with E-state index in [2.05, 4.69) is 10.4 Å². The van der Waals surface area contributed by atoms with Crippen molar-refractivity contribution in [3.8, 4) is 0 Å². The monoisotopic (exact) mass is 239 g/mol. The second kappa shape index (κ2) is 6.08. The van der Waals surface area contributed by atoms with E-state index in [1.807, 2.05) is 30.1 Å². The number of anilines is 1. The lowest BCUT2D eigenvalue weighted by Gasteiger charge is -2.08. The molecule has 0 bridgehead atoms. The summed E-state index contributed by atoms with van der Waals surface area (Å²) in [6.07, 6.45) is 4.74. The number of hydrogen-bond acceptors (Lipinski definition) is 5. The zero-order valence-corrected chi connectivity index (χ0v) is 10.0. The molecular formula is C11H17N3OS. The highest BCUT2D eigenvalue weighted by Crippen LogP contribution is 2.20. The van der Waals surface area contributed by atoms with E-state index >= 15 is 0 Å². The van der Waals surface area contributed by atoms with Crippen molar-refractivity contribution < 1.29 is 4.74 Å². The highest BCUT2D eigenvalue weighted by atomic mass is 32.2. The van der Waals surface area contributed by atoms with Gasteiger partial charge in [0.25, 0.3) is 0 Å². The first-order chi connectivity index (χ1) is 7.88. The molecule has 1 saturated heterocycles. The Kier molecular flexibility index (Phi) is 4.44. The van der Waals surface area contributed by atoms with E-state index in [1.165, 1.54) is 18.4 Å². The molecule has 0 spiro atoms. The molecule has 0 aliphatic carbocycles. The molecular weight excluding hydrogens is 222 g/mol. The third-order valence-corrected chi connectivity index (χ3v) is 3.71. The van der Waals surface area contributed by atoms with E-state index in [0.717, 1.165) is 18.1 Å². The smallest absolute Gasteiger partial charge is 0.139 e. The first-order valence-electron chi connectivity index (χ1n) is 5.49. The number of pyridine rings is 1. The van der Waals surface area contributed by atoms with E-state index < -0.39 is 0 Å². The number of nitrogen functional groups attached to an aromatic ring is 1. The van der Waals surface area contributed by atoms with Gasteiger partial charge >= 0.3 is 0 Å². The van der Waals surface area contributed by atoms with Gasteiger partial charge in [0.05, 0.1) is 6.10 Å². The van der Waals surface area contributed by atoms with Crippen molar-refractivity contribution in [3.63, 3.8) is 0 Å². The number of nitrogens with one attached hydrogen (secondary N) is 1. The number of nitrogens with zero attached hydrogens (tertiary/aromatic N) is 1.